The van der Waals surface area contributed by atoms with Crippen molar-refractivity contribution in [3.05, 3.63) is 89.7 Å². The van der Waals surface area contributed by atoms with Gasteiger partial charge in [0.05, 0.1) is 17.7 Å². The van der Waals surface area contributed by atoms with Crippen molar-refractivity contribution in [2.45, 2.75) is 17.5 Å². The Bertz CT molecular complexity index is 1190. The van der Waals surface area contributed by atoms with E-state index in [1.807, 2.05) is 18.2 Å². The Morgan fingerprint density at radius 3 is 2.71 bits per heavy atom. The summed E-state index contributed by atoms with van der Waals surface area (Å²) in [6, 6.07) is 22.9. The van der Waals surface area contributed by atoms with Crippen molar-refractivity contribution in [1.29, 1.82) is 0 Å². The fraction of sp³-hybridized carbons (Fsp3) is 0.0909. The van der Waals surface area contributed by atoms with Gasteiger partial charge in [0.15, 0.2) is 11.0 Å². The van der Waals surface area contributed by atoms with E-state index in [-0.39, 0.29) is 0 Å². The zero-order valence-electron chi connectivity index (χ0n) is 15.0. The van der Waals surface area contributed by atoms with E-state index < -0.39 is 0 Å². The molecule has 0 radical (unpaired) electrons. The molecule has 0 spiro atoms. The van der Waals surface area contributed by atoms with Crippen molar-refractivity contribution < 1.29 is 4.42 Å². The van der Waals surface area contributed by atoms with Crippen LogP contribution in [0.4, 0.5) is 0 Å². The van der Waals surface area contributed by atoms with E-state index in [2.05, 4.69) is 68.7 Å². The molecule has 3 aromatic heterocycles. The number of hydrogen-bond acceptors (Lipinski definition) is 5. The number of furan rings is 1. The van der Waals surface area contributed by atoms with Crippen LogP contribution in [-0.4, -0.2) is 14.8 Å². The molecule has 0 amide bonds. The average molecular weight is 404 g/mol. The Kier molecular flexibility index (Phi) is 4.72. The van der Waals surface area contributed by atoms with Crippen LogP contribution in [0, 0.1) is 0 Å². The second-order valence-corrected chi connectivity index (χ2v) is 8.27. The van der Waals surface area contributed by atoms with Crippen molar-refractivity contribution in [3.8, 4) is 10.7 Å². The lowest BCUT2D eigenvalue weighted by molar-refractivity contribution is 0.485. The average Bonchev–Trinajstić information content (AvgIpc) is 3.49. The van der Waals surface area contributed by atoms with Gasteiger partial charge >= 0.3 is 0 Å². The summed E-state index contributed by atoms with van der Waals surface area (Å²) in [4.78, 5) is 1.11. The third-order valence-corrected chi connectivity index (χ3v) is 6.47. The molecule has 0 aliphatic rings. The molecule has 2 aromatic carbocycles. The van der Waals surface area contributed by atoms with Crippen LogP contribution >= 0.6 is 23.1 Å². The quantitative estimate of drug-likeness (QED) is 0.322. The summed E-state index contributed by atoms with van der Waals surface area (Å²) in [5.41, 5.74) is 1.30. The first-order chi connectivity index (χ1) is 13.9. The first-order valence-corrected chi connectivity index (χ1v) is 10.8. The maximum Gasteiger partial charge on any atom is 0.192 e. The molecule has 6 heteroatoms. The van der Waals surface area contributed by atoms with Gasteiger partial charge in [0.2, 0.25) is 0 Å². The smallest absolute Gasteiger partial charge is 0.192 e. The minimum absolute atomic E-state index is 0.616. The predicted octanol–water partition coefficient (Wildman–Crippen LogP) is 6.09. The van der Waals surface area contributed by atoms with E-state index in [1.165, 1.54) is 16.3 Å². The maximum atomic E-state index is 5.57. The number of benzene rings is 2. The standard InChI is InChI=1S/C22H17N3OS2/c1-2-10-19-16(6-1)7-3-8-17(19)15-28-22-24-23-21(20-11-5-13-27-20)25(22)14-18-9-4-12-26-18/h1-13H,14-15H2. The van der Waals surface area contributed by atoms with Gasteiger partial charge in [0.1, 0.15) is 5.76 Å². The van der Waals surface area contributed by atoms with Crippen molar-refractivity contribution >= 4 is 33.9 Å². The van der Waals surface area contributed by atoms with Gasteiger partial charge in [-0.25, -0.2) is 0 Å². The van der Waals surface area contributed by atoms with Crippen molar-refractivity contribution in [2.75, 3.05) is 0 Å². The topological polar surface area (TPSA) is 43.9 Å². The highest BCUT2D eigenvalue weighted by Gasteiger charge is 2.17. The number of thiophene rings is 1. The summed E-state index contributed by atoms with van der Waals surface area (Å²) in [5, 5.41) is 14.5. The molecule has 4 nitrogen and oxygen atoms in total. The predicted molar refractivity (Wildman–Crippen MR) is 115 cm³/mol. The van der Waals surface area contributed by atoms with Gasteiger partial charge in [-0.1, -0.05) is 60.3 Å². The van der Waals surface area contributed by atoms with Crippen molar-refractivity contribution in [2.24, 2.45) is 0 Å². The summed E-state index contributed by atoms with van der Waals surface area (Å²) >= 11 is 3.38. The summed E-state index contributed by atoms with van der Waals surface area (Å²) in [7, 11) is 0. The molecule has 0 fully saturated rings. The molecule has 0 atom stereocenters. The van der Waals surface area contributed by atoms with Crippen LogP contribution < -0.4 is 0 Å². The summed E-state index contributed by atoms with van der Waals surface area (Å²) < 4.78 is 7.71. The Morgan fingerprint density at radius 2 is 1.86 bits per heavy atom. The van der Waals surface area contributed by atoms with E-state index in [9.17, 15) is 0 Å². The lowest BCUT2D eigenvalue weighted by atomic mass is 10.1. The minimum atomic E-state index is 0.616. The third kappa shape index (κ3) is 3.37. The van der Waals surface area contributed by atoms with E-state index in [0.29, 0.717) is 6.54 Å². The SMILES string of the molecule is c1coc(Cn2c(SCc3cccc4ccccc34)nnc2-c2cccs2)c1. The van der Waals surface area contributed by atoms with Gasteiger partial charge < -0.3 is 4.42 Å². The first-order valence-electron chi connectivity index (χ1n) is 8.97. The van der Waals surface area contributed by atoms with E-state index >= 15 is 0 Å². The Labute approximate surface area is 170 Å². The minimum Gasteiger partial charge on any atom is -0.467 e. The second-order valence-electron chi connectivity index (χ2n) is 6.38. The second kappa shape index (κ2) is 7.66. The number of thioether (sulfide) groups is 1. The molecule has 3 heterocycles. The van der Waals surface area contributed by atoms with E-state index in [1.54, 1.807) is 29.4 Å². The number of rotatable bonds is 6. The van der Waals surface area contributed by atoms with Crippen LogP contribution in [-0.2, 0) is 12.3 Å². The molecule has 0 N–H and O–H groups in total. The zero-order valence-corrected chi connectivity index (χ0v) is 16.6. The Hall–Kier alpha value is -2.83. The van der Waals surface area contributed by atoms with Crippen LogP contribution in [0.2, 0.25) is 0 Å². The van der Waals surface area contributed by atoms with Crippen LogP contribution in [0.5, 0.6) is 0 Å². The molecule has 0 saturated carbocycles. The Balaban J connectivity index is 1.47. The molecule has 0 saturated heterocycles. The van der Waals surface area contributed by atoms with Gasteiger partial charge in [-0.15, -0.1) is 21.5 Å². The lowest BCUT2D eigenvalue weighted by Crippen LogP contribution is -2.03. The van der Waals surface area contributed by atoms with Crippen LogP contribution in [0.3, 0.4) is 0 Å². The highest BCUT2D eigenvalue weighted by atomic mass is 32.2. The highest BCUT2D eigenvalue weighted by Crippen LogP contribution is 2.31. The number of nitrogens with zero attached hydrogens (tertiary/aromatic N) is 3. The molecular formula is C22H17N3OS2. The number of fused-ring (bicyclic) bond motifs is 1. The monoisotopic (exact) mass is 403 g/mol. The normalized spacial score (nSPS) is 11.3. The van der Waals surface area contributed by atoms with E-state index in [4.69, 9.17) is 4.42 Å². The fourth-order valence-corrected chi connectivity index (χ4v) is 4.90. The van der Waals surface area contributed by atoms with Crippen molar-refractivity contribution in [3.63, 3.8) is 0 Å². The molecule has 138 valence electrons. The van der Waals surface area contributed by atoms with E-state index in [0.717, 1.165) is 27.4 Å². The maximum absolute atomic E-state index is 5.57. The molecule has 0 aliphatic carbocycles. The highest BCUT2D eigenvalue weighted by molar-refractivity contribution is 7.98. The zero-order chi connectivity index (χ0) is 18.8. The molecule has 0 aliphatic heterocycles. The number of hydrogen-bond donors (Lipinski definition) is 0. The molecule has 0 unspecified atom stereocenters. The summed E-state index contributed by atoms with van der Waals surface area (Å²) in [5.74, 6) is 2.61. The Morgan fingerprint density at radius 1 is 0.929 bits per heavy atom. The van der Waals surface area contributed by atoms with Crippen LogP contribution in [0.15, 0.2) is 87.9 Å². The van der Waals surface area contributed by atoms with Gasteiger partial charge in [-0.05, 0) is 39.9 Å². The van der Waals surface area contributed by atoms with Gasteiger partial charge in [0.25, 0.3) is 0 Å². The first kappa shape index (κ1) is 17.3. The van der Waals surface area contributed by atoms with Gasteiger partial charge in [0, 0.05) is 5.75 Å². The van der Waals surface area contributed by atoms with Crippen LogP contribution in [0.1, 0.15) is 11.3 Å². The molecule has 5 aromatic rings. The lowest BCUT2D eigenvalue weighted by Gasteiger charge is -2.09. The summed E-state index contributed by atoms with van der Waals surface area (Å²) in [6.07, 6.45) is 1.70. The molecule has 0 bridgehead atoms. The fourth-order valence-electron chi connectivity index (χ4n) is 3.25. The number of aromatic nitrogens is 3. The molecular weight excluding hydrogens is 386 g/mol. The molecule has 5 rings (SSSR count). The van der Waals surface area contributed by atoms with Gasteiger partial charge in [-0.2, -0.15) is 0 Å². The van der Waals surface area contributed by atoms with Crippen LogP contribution in [0.25, 0.3) is 21.5 Å². The largest absolute Gasteiger partial charge is 0.467 e. The molecule has 28 heavy (non-hydrogen) atoms. The summed E-state index contributed by atoms with van der Waals surface area (Å²) in [6.45, 7) is 0.616. The van der Waals surface area contributed by atoms with Crippen molar-refractivity contribution in [1.82, 2.24) is 14.8 Å². The van der Waals surface area contributed by atoms with Gasteiger partial charge in [-0.3, -0.25) is 4.57 Å². The third-order valence-electron chi connectivity index (χ3n) is 4.59.